The maximum Gasteiger partial charge on any atom is 0.0900 e. The van der Waals surface area contributed by atoms with Crippen molar-refractivity contribution in [2.24, 2.45) is 0 Å². The van der Waals surface area contributed by atoms with Crippen LogP contribution in [0.3, 0.4) is 0 Å². The molecular formula is C7H12N4. The van der Waals surface area contributed by atoms with Gasteiger partial charge in [0.15, 0.2) is 0 Å². The molecule has 1 heterocycles. The first kappa shape index (κ1) is 6.79. The maximum atomic E-state index is 4.12. The van der Waals surface area contributed by atoms with Crippen LogP contribution in [0.2, 0.25) is 0 Å². The lowest BCUT2D eigenvalue weighted by molar-refractivity contribution is 0.602. The molecule has 0 saturated carbocycles. The Kier molecular flexibility index (Phi) is 1.62. The fourth-order valence-corrected chi connectivity index (χ4v) is 1.66. The van der Waals surface area contributed by atoms with Crippen molar-refractivity contribution < 1.29 is 0 Å². The van der Waals surface area contributed by atoms with Crippen LogP contribution in [0.4, 0.5) is 0 Å². The summed E-state index contributed by atoms with van der Waals surface area (Å²) in [4.78, 5) is 0. The van der Waals surface area contributed by atoms with E-state index in [4.69, 9.17) is 0 Å². The molecule has 1 aromatic heterocycles. The minimum atomic E-state index is 0.578. The second-order valence-corrected chi connectivity index (χ2v) is 2.95. The summed E-state index contributed by atoms with van der Waals surface area (Å²) < 4.78 is 0. The van der Waals surface area contributed by atoms with Crippen LogP contribution in [0.15, 0.2) is 0 Å². The second-order valence-electron chi connectivity index (χ2n) is 2.95. The third-order valence-electron chi connectivity index (χ3n) is 2.22. The van der Waals surface area contributed by atoms with Crippen LogP contribution < -0.4 is 5.32 Å². The molecule has 2 rings (SSSR count). The van der Waals surface area contributed by atoms with Gasteiger partial charge in [0, 0.05) is 12.5 Å². The van der Waals surface area contributed by atoms with Crippen LogP contribution in [-0.4, -0.2) is 29.0 Å². The molecule has 0 aliphatic heterocycles. The first-order chi connectivity index (χ1) is 5.42. The molecule has 1 aliphatic rings. The SMILES string of the molecule is CNCC1CCc2n[nH]nc21. The quantitative estimate of drug-likeness (QED) is 0.629. The van der Waals surface area contributed by atoms with E-state index in [1.807, 2.05) is 7.05 Å². The molecule has 0 radical (unpaired) electrons. The molecule has 0 amide bonds. The maximum absolute atomic E-state index is 4.12. The molecule has 1 unspecified atom stereocenters. The number of aromatic nitrogens is 3. The minimum Gasteiger partial charge on any atom is -0.319 e. The van der Waals surface area contributed by atoms with Crippen molar-refractivity contribution in [3.63, 3.8) is 0 Å². The first-order valence-electron chi connectivity index (χ1n) is 3.96. The summed E-state index contributed by atoms with van der Waals surface area (Å²) in [5, 5.41) is 14.0. The smallest absolute Gasteiger partial charge is 0.0900 e. The topological polar surface area (TPSA) is 53.6 Å². The number of nitrogens with zero attached hydrogens (tertiary/aromatic N) is 2. The number of aryl methyl sites for hydroxylation is 1. The van der Waals surface area contributed by atoms with Gasteiger partial charge in [0.05, 0.1) is 11.4 Å². The van der Waals surface area contributed by atoms with Gasteiger partial charge < -0.3 is 5.32 Å². The summed E-state index contributed by atoms with van der Waals surface area (Å²) in [6.45, 7) is 1.01. The van der Waals surface area contributed by atoms with Crippen LogP contribution in [-0.2, 0) is 6.42 Å². The molecule has 0 fully saturated rings. The molecule has 0 saturated heterocycles. The van der Waals surface area contributed by atoms with Crippen molar-refractivity contribution >= 4 is 0 Å². The second kappa shape index (κ2) is 2.62. The monoisotopic (exact) mass is 152 g/mol. The van der Waals surface area contributed by atoms with Crippen molar-refractivity contribution in [1.29, 1.82) is 0 Å². The van der Waals surface area contributed by atoms with E-state index in [1.54, 1.807) is 0 Å². The van der Waals surface area contributed by atoms with E-state index in [2.05, 4.69) is 20.7 Å². The lowest BCUT2D eigenvalue weighted by atomic mass is 10.1. The van der Waals surface area contributed by atoms with Crippen LogP contribution in [0.5, 0.6) is 0 Å². The van der Waals surface area contributed by atoms with Crippen LogP contribution in [0, 0.1) is 0 Å². The third-order valence-corrected chi connectivity index (χ3v) is 2.22. The summed E-state index contributed by atoms with van der Waals surface area (Å²) >= 11 is 0. The van der Waals surface area contributed by atoms with Crippen molar-refractivity contribution in [2.75, 3.05) is 13.6 Å². The lowest BCUT2D eigenvalue weighted by Gasteiger charge is -2.05. The normalized spacial score (nSPS) is 22.1. The lowest BCUT2D eigenvalue weighted by Crippen LogP contribution is -2.15. The van der Waals surface area contributed by atoms with E-state index >= 15 is 0 Å². The Hall–Kier alpha value is -0.900. The molecule has 1 aromatic rings. The van der Waals surface area contributed by atoms with Crippen LogP contribution in [0.25, 0.3) is 0 Å². The summed E-state index contributed by atoms with van der Waals surface area (Å²) in [5.41, 5.74) is 2.32. The molecular weight excluding hydrogens is 140 g/mol. The van der Waals surface area contributed by atoms with Gasteiger partial charge >= 0.3 is 0 Å². The van der Waals surface area contributed by atoms with Gasteiger partial charge in [-0.15, -0.1) is 0 Å². The van der Waals surface area contributed by atoms with Gasteiger partial charge in [-0.2, -0.15) is 15.4 Å². The van der Waals surface area contributed by atoms with E-state index in [0.29, 0.717) is 5.92 Å². The zero-order valence-corrected chi connectivity index (χ0v) is 6.59. The first-order valence-corrected chi connectivity index (χ1v) is 3.96. The van der Waals surface area contributed by atoms with Gasteiger partial charge in [0.25, 0.3) is 0 Å². The Morgan fingerprint density at radius 1 is 1.64 bits per heavy atom. The highest BCUT2D eigenvalue weighted by atomic mass is 15.3. The van der Waals surface area contributed by atoms with Crippen molar-refractivity contribution in [1.82, 2.24) is 20.7 Å². The third kappa shape index (κ3) is 1.03. The number of likely N-dealkylation sites (N-methyl/N-ethyl adjacent to an activating group) is 1. The summed E-state index contributed by atoms with van der Waals surface area (Å²) in [6.07, 6.45) is 2.28. The van der Waals surface area contributed by atoms with E-state index in [9.17, 15) is 0 Å². The van der Waals surface area contributed by atoms with E-state index in [0.717, 1.165) is 18.7 Å². The Balaban J connectivity index is 2.18. The number of hydrogen-bond acceptors (Lipinski definition) is 3. The summed E-state index contributed by atoms with van der Waals surface area (Å²) in [7, 11) is 1.97. The Bertz CT molecular complexity index is 242. The number of rotatable bonds is 2. The van der Waals surface area contributed by atoms with Gasteiger partial charge in [-0.05, 0) is 19.9 Å². The fourth-order valence-electron chi connectivity index (χ4n) is 1.66. The highest BCUT2D eigenvalue weighted by molar-refractivity contribution is 5.20. The van der Waals surface area contributed by atoms with Crippen LogP contribution >= 0.6 is 0 Å². The van der Waals surface area contributed by atoms with E-state index < -0.39 is 0 Å². The molecule has 1 atom stereocenters. The molecule has 4 heteroatoms. The Morgan fingerprint density at radius 3 is 3.36 bits per heavy atom. The van der Waals surface area contributed by atoms with Gasteiger partial charge in [0.1, 0.15) is 0 Å². The molecule has 2 N–H and O–H groups in total. The molecule has 0 aromatic carbocycles. The zero-order chi connectivity index (χ0) is 7.68. The van der Waals surface area contributed by atoms with E-state index in [1.165, 1.54) is 12.1 Å². The van der Waals surface area contributed by atoms with Gasteiger partial charge in [-0.3, -0.25) is 0 Å². The van der Waals surface area contributed by atoms with Gasteiger partial charge in [0.2, 0.25) is 0 Å². The summed E-state index contributed by atoms with van der Waals surface area (Å²) in [6, 6.07) is 0. The predicted octanol–water partition coefficient (Wildman–Crippen LogP) is 0.0539. The van der Waals surface area contributed by atoms with Crippen molar-refractivity contribution in [2.45, 2.75) is 18.8 Å². The number of H-pyrrole nitrogens is 1. The fraction of sp³-hybridized carbons (Fsp3) is 0.714. The molecule has 11 heavy (non-hydrogen) atoms. The molecule has 0 spiro atoms. The molecule has 1 aliphatic carbocycles. The van der Waals surface area contributed by atoms with Crippen molar-refractivity contribution in [3.05, 3.63) is 11.4 Å². The molecule has 0 bridgehead atoms. The van der Waals surface area contributed by atoms with Gasteiger partial charge in [-0.25, -0.2) is 0 Å². The van der Waals surface area contributed by atoms with E-state index in [-0.39, 0.29) is 0 Å². The Morgan fingerprint density at radius 2 is 2.55 bits per heavy atom. The number of nitrogens with one attached hydrogen (secondary N) is 2. The average Bonchev–Trinajstić information content (AvgIpc) is 2.53. The molecule has 4 nitrogen and oxygen atoms in total. The van der Waals surface area contributed by atoms with Crippen LogP contribution in [0.1, 0.15) is 23.7 Å². The predicted molar refractivity (Wildman–Crippen MR) is 41.4 cm³/mol. The minimum absolute atomic E-state index is 0.578. The Labute approximate surface area is 65.4 Å². The highest BCUT2D eigenvalue weighted by Gasteiger charge is 2.25. The number of fused-ring (bicyclic) bond motifs is 1. The number of aromatic amines is 1. The van der Waals surface area contributed by atoms with Crippen molar-refractivity contribution in [3.8, 4) is 0 Å². The number of hydrogen-bond donors (Lipinski definition) is 2. The highest BCUT2D eigenvalue weighted by Crippen LogP contribution is 2.28. The zero-order valence-electron chi connectivity index (χ0n) is 6.59. The largest absolute Gasteiger partial charge is 0.319 e. The van der Waals surface area contributed by atoms with Gasteiger partial charge in [-0.1, -0.05) is 0 Å². The molecule has 60 valence electrons. The average molecular weight is 152 g/mol. The summed E-state index contributed by atoms with van der Waals surface area (Å²) in [5.74, 6) is 0.578. The standard InChI is InChI=1S/C7H12N4/c1-8-4-5-2-3-6-7(5)10-11-9-6/h5,8H,2-4H2,1H3,(H,9,10,11).